The molecule has 50 heavy (non-hydrogen) atoms. The Hall–Kier alpha value is -5.13. The number of amides is 3. The molecule has 0 spiro atoms. The van der Waals surface area contributed by atoms with Gasteiger partial charge in [-0.25, -0.2) is 14.6 Å². The fraction of sp³-hybridized carbons (Fsp3) is 0.447. The largest absolute Gasteiger partial charge is 0.497 e. The van der Waals surface area contributed by atoms with Gasteiger partial charge in [0, 0.05) is 35.4 Å². The van der Waals surface area contributed by atoms with Crippen molar-refractivity contribution in [3.05, 3.63) is 66.7 Å². The minimum absolute atomic E-state index is 0.0664. The van der Waals surface area contributed by atoms with Crippen LogP contribution in [0.15, 0.2) is 66.7 Å². The van der Waals surface area contributed by atoms with E-state index >= 15 is 0 Å². The van der Waals surface area contributed by atoms with Crippen LogP contribution in [-0.2, 0) is 23.9 Å². The van der Waals surface area contributed by atoms with E-state index < -0.39 is 53.2 Å². The van der Waals surface area contributed by atoms with Crippen molar-refractivity contribution in [2.24, 2.45) is 5.92 Å². The molecule has 12 nitrogen and oxygen atoms in total. The molecule has 6 rings (SSSR count). The van der Waals surface area contributed by atoms with Crippen LogP contribution in [0.25, 0.3) is 22.2 Å². The number of aromatic nitrogens is 1. The van der Waals surface area contributed by atoms with Crippen molar-refractivity contribution in [1.29, 1.82) is 0 Å². The molecule has 1 aromatic heterocycles. The smallest absolute Gasteiger partial charge is 0.408 e. The topological polar surface area (TPSA) is 145 Å². The molecule has 3 aliphatic rings. The summed E-state index contributed by atoms with van der Waals surface area (Å²) < 4.78 is 22.7. The van der Waals surface area contributed by atoms with E-state index in [1.54, 1.807) is 27.9 Å². The van der Waals surface area contributed by atoms with E-state index in [2.05, 4.69) is 10.6 Å². The number of carbonyl (C=O) groups is 4. The van der Waals surface area contributed by atoms with E-state index in [1.807, 2.05) is 66.7 Å². The fourth-order valence-corrected chi connectivity index (χ4v) is 6.75. The van der Waals surface area contributed by atoms with E-state index in [0.717, 1.165) is 10.9 Å². The van der Waals surface area contributed by atoms with Crippen LogP contribution in [0.4, 0.5) is 4.79 Å². The third kappa shape index (κ3) is 7.39. The van der Waals surface area contributed by atoms with Gasteiger partial charge in [-0.15, -0.1) is 0 Å². The molecular formula is C38H44N4O8. The Morgan fingerprint density at radius 1 is 1.06 bits per heavy atom. The number of nitrogens with zero attached hydrogens (tertiary/aromatic N) is 2. The highest BCUT2D eigenvalue weighted by molar-refractivity contribution is 5.97. The quantitative estimate of drug-likeness (QED) is 0.273. The number of rotatable bonds is 6. The number of hydrogen-bond donors (Lipinski definition) is 2. The van der Waals surface area contributed by atoms with Crippen molar-refractivity contribution in [1.82, 2.24) is 20.5 Å². The maximum absolute atomic E-state index is 14.3. The van der Waals surface area contributed by atoms with Gasteiger partial charge in [0.25, 0.3) is 0 Å². The molecule has 1 aliphatic carbocycles. The van der Waals surface area contributed by atoms with Crippen LogP contribution in [0.5, 0.6) is 11.5 Å². The Morgan fingerprint density at radius 2 is 1.84 bits per heavy atom. The number of nitrogens with one attached hydrogen (secondary N) is 2. The summed E-state index contributed by atoms with van der Waals surface area (Å²) in [6.45, 7) is 5.31. The summed E-state index contributed by atoms with van der Waals surface area (Å²) >= 11 is 0. The molecule has 3 heterocycles. The number of esters is 1. The van der Waals surface area contributed by atoms with Gasteiger partial charge in [0.05, 0.1) is 32.0 Å². The average Bonchev–Trinajstić information content (AvgIpc) is 3.61. The molecule has 2 aliphatic heterocycles. The number of pyridine rings is 1. The van der Waals surface area contributed by atoms with Gasteiger partial charge in [-0.05, 0) is 58.6 Å². The van der Waals surface area contributed by atoms with Crippen molar-refractivity contribution in [2.45, 2.75) is 82.2 Å². The molecule has 1 saturated carbocycles. The number of ether oxygens (including phenoxy) is 4. The summed E-state index contributed by atoms with van der Waals surface area (Å²) in [6.07, 6.45) is 4.59. The van der Waals surface area contributed by atoms with Crippen LogP contribution in [-0.4, -0.2) is 83.9 Å². The maximum atomic E-state index is 14.3. The first-order valence-corrected chi connectivity index (χ1v) is 17.0. The molecule has 3 aromatic rings. The lowest BCUT2D eigenvalue weighted by molar-refractivity contribution is -0.148. The third-order valence-corrected chi connectivity index (χ3v) is 9.32. The summed E-state index contributed by atoms with van der Waals surface area (Å²) in [5, 5.41) is 6.43. The third-order valence-electron chi connectivity index (χ3n) is 9.32. The first-order valence-electron chi connectivity index (χ1n) is 17.0. The minimum Gasteiger partial charge on any atom is -0.497 e. The molecule has 2 aromatic carbocycles. The van der Waals surface area contributed by atoms with Crippen molar-refractivity contribution < 1.29 is 38.1 Å². The second-order valence-corrected chi connectivity index (χ2v) is 14.1. The molecule has 2 fully saturated rings. The SMILES string of the molecule is COC(=O)[C@@]12C[C@H]1/C=C\CCC[C@H](NC(=O)OC(C)(C)C)C(=O)N1C[C@H](Oc3cc(-c4ccccc4)nc4cc(OC)ccc34)C[C@H]1C(=O)N2. The Bertz CT molecular complexity index is 1810. The number of benzene rings is 2. The van der Waals surface area contributed by atoms with Crippen LogP contribution in [0, 0.1) is 5.92 Å². The van der Waals surface area contributed by atoms with Gasteiger partial charge in [0.15, 0.2) is 0 Å². The van der Waals surface area contributed by atoms with Gasteiger partial charge in [-0.3, -0.25) is 9.59 Å². The molecular weight excluding hydrogens is 640 g/mol. The summed E-state index contributed by atoms with van der Waals surface area (Å²) in [6, 6.07) is 15.2. The van der Waals surface area contributed by atoms with Gasteiger partial charge < -0.3 is 34.5 Å². The summed E-state index contributed by atoms with van der Waals surface area (Å²) in [5.41, 5.74) is 0.257. The van der Waals surface area contributed by atoms with Gasteiger partial charge >= 0.3 is 12.1 Å². The van der Waals surface area contributed by atoms with Gasteiger partial charge in [-0.2, -0.15) is 0 Å². The molecule has 1 saturated heterocycles. The highest BCUT2D eigenvalue weighted by Crippen LogP contribution is 2.46. The highest BCUT2D eigenvalue weighted by atomic mass is 16.6. The molecule has 0 radical (unpaired) electrons. The minimum atomic E-state index is -1.21. The summed E-state index contributed by atoms with van der Waals surface area (Å²) in [5.74, 6) is -0.513. The van der Waals surface area contributed by atoms with E-state index in [4.69, 9.17) is 23.9 Å². The van der Waals surface area contributed by atoms with Crippen molar-refractivity contribution in [3.8, 4) is 22.8 Å². The van der Waals surface area contributed by atoms with E-state index in [9.17, 15) is 19.2 Å². The maximum Gasteiger partial charge on any atom is 0.408 e. The van der Waals surface area contributed by atoms with E-state index in [-0.39, 0.29) is 18.9 Å². The second kappa shape index (κ2) is 14.0. The zero-order valence-corrected chi connectivity index (χ0v) is 29.1. The zero-order chi connectivity index (χ0) is 35.6. The lowest BCUT2D eigenvalue weighted by atomic mass is 10.1. The number of hydrogen-bond acceptors (Lipinski definition) is 9. The van der Waals surface area contributed by atoms with E-state index in [1.165, 1.54) is 12.0 Å². The lowest BCUT2D eigenvalue weighted by Crippen LogP contribution is -2.56. The fourth-order valence-electron chi connectivity index (χ4n) is 6.75. The Kier molecular flexibility index (Phi) is 9.73. The highest BCUT2D eigenvalue weighted by Gasteiger charge is 2.62. The second-order valence-electron chi connectivity index (χ2n) is 14.1. The van der Waals surface area contributed by atoms with Gasteiger partial charge in [-0.1, -0.05) is 42.5 Å². The molecule has 12 heteroatoms. The molecule has 264 valence electrons. The molecule has 0 unspecified atom stereocenters. The predicted molar refractivity (Wildman–Crippen MR) is 185 cm³/mol. The normalized spacial score (nSPS) is 25.8. The summed E-state index contributed by atoms with van der Waals surface area (Å²) in [7, 11) is 2.89. The molecule has 5 atom stereocenters. The number of alkyl carbamates (subject to hydrolysis) is 1. The average molecular weight is 685 g/mol. The summed E-state index contributed by atoms with van der Waals surface area (Å²) in [4.78, 5) is 60.7. The van der Waals surface area contributed by atoms with Crippen molar-refractivity contribution in [3.63, 3.8) is 0 Å². The Morgan fingerprint density at radius 3 is 2.56 bits per heavy atom. The van der Waals surface area contributed by atoms with Crippen LogP contribution in [0.1, 0.15) is 52.9 Å². The molecule has 2 N–H and O–H groups in total. The lowest BCUT2D eigenvalue weighted by Gasteiger charge is -2.30. The Labute approximate surface area is 291 Å². The van der Waals surface area contributed by atoms with Crippen LogP contribution < -0.4 is 20.1 Å². The number of carbonyl (C=O) groups excluding carboxylic acids is 4. The predicted octanol–water partition coefficient (Wildman–Crippen LogP) is 4.94. The van der Waals surface area contributed by atoms with Crippen LogP contribution >= 0.6 is 0 Å². The number of allylic oxidation sites excluding steroid dienone is 1. The van der Waals surface area contributed by atoms with Crippen molar-refractivity contribution in [2.75, 3.05) is 20.8 Å². The van der Waals surface area contributed by atoms with Crippen molar-refractivity contribution >= 4 is 34.8 Å². The Balaban J connectivity index is 1.34. The number of methoxy groups -OCH3 is 2. The standard InChI is InChI=1S/C38H44N4O8/c1-37(2,3)50-36(46)40-28-15-11-7-10-14-24-21-38(24,35(45)48-5)41-33(43)31-19-26(22-42(31)34(28)44)49-32-20-29(23-12-8-6-9-13-23)39-30-18-25(47-4)16-17-27(30)32/h6,8-10,12-14,16-18,20,24,26,28,31H,7,11,15,19,21-22H2,1-5H3,(H,40,46)(H,41,43)/b14-10-/t24-,26-,28+,31+,38-/m1/s1. The molecule has 0 bridgehead atoms. The van der Waals surface area contributed by atoms with Gasteiger partial charge in [0.2, 0.25) is 11.8 Å². The monoisotopic (exact) mass is 684 g/mol. The van der Waals surface area contributed by atoms with Crippen LogP contribution in [0.3, 0.4) is 0 Å². The van der Waals surface area contributed by atoms with Gasteiger partial charge in [0.1, 0.15) is 40.8 Å². The first-order chi connectivity index (χ1) is 23.9. The van der Waals surface area contributed by atoms with Crippen LogP contribution in [0.2, 0.25) is 0 Å². The molecule has 3 amide bonds. The zero-order valence-electron chi connectivity index (χ0n) is 29.1. The van der Waals surface area contributed by atoms with E-state index in [0.29, 0.717) is 48.4 Å². The number of fused-ring (bicyclic) bond motifs is 3. The first kappa shape index (κ1) is 34.7.